The Morgan fingerprint density at radius 3 is 2.60 bits per heavy atom. The first-order chi connectivity index (χ1) is 9.51. The average Bonchev–Trinajstić information content (AvgIpc) is 2.40. The van der Waals surface area contributed by atoms with Crippen molar-refractivity contribution in [3.63, 3.8) is 0 Å². The van der Waals surface area contributed by atoms with Crippen molar-refractivity contribution in [3.8, 4) is 0 Å². The molecular weight excluding hydrogens is 364 g/mol. The number of likely N-dealkylation sites (N-methyl/N-ethyl adjacent to an activating group) is 1. The Morgan fingerprint density at radius 1 is 1.20 bits per heavy atom. The van der Waals surface area contributed by atoms with Crippen molar-refractivity contribution < 1.29 is 4.39 Å². The van der Waals surface area contributed by atoms with E-state index in [9.17, 15) is 4.39 Å². The molecule has 1 atom stereocenters. The van der Waals surface area contributed by atoms with Crippen LogP contribution in [0.3, 0.4) is 0 Å². The molecule has 0 saturated heterocycles. The van der Waals surface area contributed by atoms with Crippen LogP contribution in [-0.2, 0) is 6.42 Å². The summed E-state index contributed by atoms with van der Waals surface area (Å²) in [6.07, 6.45) is 0.503. The number of rotatable bonds is 4. The van der Waals surface area contributed by atoms with E-state index >= 15 is 0 Å². The fraction of sp³-hybridized carbons (Fsp3) is 0.200. The number of hydrogen-bond acceptors (Lipinski definition) is 1. The molecule has 0 fully saturated rings. The summed E-state index contributed by atoms with van der Waals surface area (Å²) in [6, 6.07) is 10.2. The zero-order chi connectivity index (χ0) is 14.7. The van der Waals surface area contributed by atoms with Gasteiger partial charge in [-0.25, -0.2) is 4.39 Å². The molecule has 0 bridgehead atoms. The van der Waals surface area contributed by atoms with Gasteiger partial charge in [0.1, 0.15) is 5.82 Å². The third kappa shape index (κ3) is 3.73. The molecule has 0 aliphatic heterocycles. The highest BCUT2D eigenvalue weighted by Gasteiger charge is 2.16. The number of benzene rings is 2. The minimum absolute atomic E-state index is 0.0800. The summed E-state index contributed by atoms with van der Waals surface area (Å²) in [6.45, 7) is 0. The van der Waals surface area contributed by atoms with E-state index < -0.39 is 0 Å². The number of halogens is 4. The molecule has 0 aliphatic carbocycles. The standard InChI is InChI=1S/C15H13BrCl2FN/c1-20-15(12-4-3-11(17)8-13(12)18)7-9-6-10(16)2-5-14(9)19/h2-6,8,15,20H,7H2,1H3. The minimum Gasteiger partial charge on any atom is -0.313 e. The quantitative estimate of drug-likeness (QED) is 0.753. The molecule has 0 radical (unpaired) electrons. The van der Waals surface area contributed by atoms with Crippen LogP contribution in [0, 0.1) is 5.82 Å². The Balaban J connectivity index is 2.31. The highest BCUT2D eigenvalue weighted by molar-refractivity contribution is 9.10. The van der Waals surface area contributed by atoms with Gasteiger partial charge >= 0.3 is 0 Å². The van der Waals surface area contributed by atoms with Gasteiger partial charge in [-0.2, -0.15) is 0 Å². The van der Waals surface area contributed by atoms with Gasteiger partial charge in [-0.1, -0.05) is 45.2 Å². The van der Waals surface area contributed by atoms with Gasteiger partial charge in [-0.15, -0.1) is 0 Å². The lowest BCUT2D eigenvalue weighted by Crippen LogP contribution is -2.19. The molecule has 0 aromatic heterocycles. The molecule has 0 spiro atoms. The van der Waals surface area contributed by atoms with E-state index in [2.05, 4.69) is 21.2 Å². The fourth-order valence-electron chi connectivity index (χ4n) is 2.07. The highest BCUT2D eigenvalue weighted by Crippen LogP contribution is 2.29. The molecule has 1 nitrogen and oxygen atoms in total. The van der Waals surface area contributed by atoms with Gasteiger partial charge in [-0.3, -0.25) is 0 Å². The van der Waals surface area contributed by atoms with Gasteiger partial charge in [0.15, 0.2) is 0 Å². The predicted octanol–water partition coefficient (Wildman–Crippen LogP) is 5.40. The summed E-state index contributed by atoms with van der Waals surface area (Å²) in [5.74, 6) is -0.224. The van der Waals surface area contributed by atoms with E-state index in [-0.39, 0.29) is 11.9 Å². The molecule has 0 aliphatic rings. The Labute approximate surface area is 136 Å². The summed E-state index contributed by atoms with van der Waals surface area (Å²) in [7, 11) is 1.82. The van der Waals surface area contributed by atoms with Crippen LogP contribution in [0.25, 0.3) is 0 Å². The fourth-order valence-corrected chi connectivity index (χ4v) is 3.02. The van der Waals surface area contributed by atoms with Crippen LogP contribution in [-0.4, -0.2) is 7.05 Å². The Kier molecular flexibility index (Phi) is 5.44. The van der Waals surface area contributed by atoms with Crippen LogP contribution in [0.1, 0.15) is 17.2 Å². The Bertz CT molecular complexity index is 619. The lowest BCUT2D eigenvalue weighted by atomic mass is 9.98. The van der Waals surface area contributed by atoms with Gasteiger partial charge < -0.3 is 5.32 Å². The average molecular weight is 377 g/mol. The summed E-state index contributed by atoms with van der Waals surface area (Å²) in [5, 5.41) is 4.33. The molecular formula is C15H13BrCl2FN. The maximum absolute atomic E-state index is 13.8. The smallest absolute Gasteiger partial charge is 0.126 e. The SMILES string of the molecule is CNC(Cc1cc(Br)ccc1F)c1ccc(Cl)cc1Cl. The maximum atomic E-state index is 13.8. The summed E-state index contributed by atoms with van der Waals surface area (Å²) >= 11 is 15.5. The van der Waals surface area contributed by atoms with E-state index in [1.54, 1.807) is 24.3 Å². The molecule has 0 heterocycles. The highest BCUT2D eigenvalue weighted by atomic mass is 79.9. The maximum Gasteiger partial charge on any atom is 0.126 e. The van der Waals surface area contributed by atoms with Gasteiger partial charge in [0, 0.05) is 20.6 Å². The number of hydrogen-bond donors (Lipinski definition) is 1. The van der Waals surface area contributed by atoms with Crippen molar-refractivity contribution in [2.24, 2.45) is 0 Å². The third-order valence-electron chi connectivity index (χ3n) is 3.12. The Hall–Kier alpha value is -0.610. The molecule has 1 unspecified atom stereocenters. The van der Waals surface area contributed by atoms with E-state index in [4.69, 9.17) is 23.2 Å². The van der Waals surface area contributed by atoms with Crippen molar-refractivity contribution in [2.75, 3.05) is 7.05 Å². The second-order valence-electron chi connectivity index (χ2n) is 4.45. The monoisotopic (exact) mass is 375 g/mol. The van der Waals surface area contributed by atoms with Crippen LogP contribution >= 0.6 is 39.1 Å². The zero-order valence-electron chi connectivity index (χ0n) is 10.8. The van der Waals surface area contributed by atoms with Crippen LogP contribution in [0.4, 0.5) is 4.39 Å². The van der Waals surface area contributed by atoms with Crippen LogP contribution in [0.15, 0.2) is 40.9 Å². The second kappa shape index (κ2) is 6.90. The molecule has 2 rings (SSSR count). The first-order valence-corrected chi connectivity index (χ1v) is 7.62. The van der Waals surface area contributed by atoms with Crippen LogP contribution in [0.2, 0.25) is 10.0 Å². The molecule has 20 heavy (non-hydrogen) atoms. The molecule has 0 amide bonds. The lowest BCUT2D eigenvalue weighted by Gasteiger charge is -2.19. The zero-order valence-corrected chi connectivity index (χ0v) is 13.9. The van der Waals surface area contributed by atoms with Gasteiger partial charge in [0.05, 0.1) is 0 Å². The summed E-state index contributed by atoms with van der Waals surface area (Å²) in [5.41, 5.74) is 1.53. The van der Waals surface area contributed by atoms with Crippen LogP contribution in [0.5, 0.6) is 0 Å². The molecule has 2 aromatic rings. The van der Waals surface area contributed by atoms with Crippen molar-refractivity contribution >= 4 is 39.1 Å². The Morgan fingerprint density at radius 2 is 1.95 bits per heavy atom. The molecule has 1 N–H and O–H groups in total. The van der Waals surface area contributed by atoms with E-state index in [1.807, 2.05) is 13.1 Å². The third-order valence-corrected chi connectivity index (χ3v) is 4.17. The topological polar surface area (TPSA) is 12.0 Å². The largest absolute Gasteiger partial charge is 0.313 e. The summed E-state index contributed by atoms with van der Waals surface area (Å²) < 4.78 is 14.7. The molecule has 2 aromatic carbocycles. The first kappa shape index (κ1) is 15.8. The van der Waals surface area contributed by atoms with Gasteiger partial charge in [0.2, 0.25) is 0 Å². The minimum atomic E-state index is -0.224. The van der Waals surface area contributed by atoms with Crippen molar-refractivity contribution in [1.82, 2.24) is 5.32 Å². The first-order valence-electron chi connectivity index (χ1n) is 6.07. The molecule has 5 heteroatoms. The van der Waals surface area contributed by atoms with E-state index in [1.165, 1.54) is 6.07 Å². The van der Waals surface area contributed by atoms with Gasteiger partial charge in [-0.05, 0) is 54.9 Å². The normalized spacial score (nSPS) is 12.4. The van der Waals surface area contributed by atoms with Gasteiger partial charge in [0.25, 0.3) is 0 Å². The molecule has 106 valence electrons. The summed E-state index contributed by atoms with van der Waals surface area (Å²) in [4.78, 5) is 0. The van der Waals surface area contributed by atoms with Crippen LogP contribution < -0.4 is 5.32 Å². The second-order valence-corrected chi connectivity index (χ2v) is 6.21. The van der Waals surface area contributed by atoms with Crippen molar-refractivity contribution in [3.05, 3.63) is 67.9 Å². The molecule has 0 saturated carbocycles. The van der Waals surface area contributed by atoms with Crippen molar-refractivity contribution in [1.29, 1.82) is 0 Å². The predicted molar refractivity (Wildman–Crippen MR) is 86.1 cm³/mol. The van der Waals surface area contributed by atoms with E-state index in [0.29, 0.717) is 22.0 Å². The van der Waals surface area contributed by atoms with E-state index in [0.717, 1.165) is 10.0 Å². The lowest BCUT2D eigenvalue weighted by molar-refractivity contribution is 0.554. The van der Waals surface area contributed by atoms with Crippen molar-refractivity contribution in [2.45, 2.75) is 12.5 Å². The number of nitrogens with one attached hydrogen (secondary N) is 1.